The minimum absolute atomic E-state index is 0.0798. The van der Waals surface area contributed by atoms with Crippen molar-refractivity contribution in [3.8, 4) is 11.5 Å². The number of anilines is 2. The Morgan fingerprint density at radius 1 is 0.745 bits per heavy atom. The number of rotatable bonds is 9. The summed E-state index contributed by atoms with van der Waals surface area (Å²) in [6.45, 7) is 8.35. The third kappa shape index (κ3) is 7.36. The molecular weight excluding hydrogens is 710 g/mol. The Morgan fingerprint density at radius 2 is 1.25 bits per heavy atom. The zero-order chi connectivity index (χ0) is 38.8. The summed E-state index contributed by atoms with van der Waals surface area (Å²) >= 11 is 0. The van der Waals surface area contributed by atoms with E-state index in [9.17, 15) is 14.4 Å². The maximum atomic E-state index is 13.6. The molecule has 0 fully saturated rings. The Kier molecular flexibility index (Phi) is 10.3. The highest BCUT2D eigenvalue weighted by molar-refractivity contribution is 6.04. The van der Waals surface area contributed by atoms with Gasteiger partial charge in [0.05, 0.1) is 35.6 Å². The molecule has 0 bridgehead atoms. The first-order chi connectivity index (χ1) is 26.6. The molecule has 286 valence electrons. The van der Waals surface area contributed by atoms with E-state index in [0.29, 0.717) is 82.5 Å². The van der Waals surface area contributed by atoms with Crippen LogP contribution >= 0.6 is 0 Å². The highest BCUT2D eigenvalue weighted by Crippen LogP contribution is 2.34. The largest absolute Gasteiger partial charge is 0.491 e. The van der Waals surface area contributed by atoms with Crippen molar-refractivity contribution < 1.29 is 32.7 Å². The normalized spacial score (nSPS) is 13.8. The number of ether oxygens (including phenoxy) is 2. The van der Waals surface area contributed by atoms with E-state index < -0.39 is 17.7 Å². The van der Waals surface area contributed by atoms with E-state index >= 15 is 0 Å². The van der Waals surface area contributed by atoms with Gasteiger partial charge in [-0.1, -0.05) is 26.0 Å². The van der Waals surface area contributed by atoms with Crippen LogP contribution in [0.5, 0.6) is 11.5 Å². The summed E-state index contributed by atoms with van der Waals surface area (Å²) in [4.78, 5) is 57.7. The number of aromatic nitrogens is 6. The van der Waals surface area contributed by atoms with Crippen LogP contribution in [-0.2, 0) is 32.5 Å². The van der Waals surface area contributed by atoms with Gasteiger partial charge in [-0.2, -0.15) is 0 Å². The van der Waals surface area contributed by atoms with Crippen LogP contribution in [-0.4, -0.2) is 60.0 Å². The number of nitrogens with one attached hydrogen (secondary N) is 3. The van der Waals surface area contributed by atoms with Gasteiger partial charge in [-0.15, -0.1) is 0 Å². The summed E-state index contributed by atoms with van der Waals surface area (Å²) < 4.78 is 27.5. The Balaban J connectivity index is 1.31. The van der Waals surface area contributed by atoms with Gasteiger partial charge in [0.1, 0.15) is 22.5 Å². The average Bonchev–Trinajstić information content (AvgIpc) is 3.91. The van der Waals surface area contributed by atoms with Crippen molar-refractivity contribution in [2.45, 2.75) is 66.6 Å². The van der Waals surface area contributed by atoms with Crippen molar-refractivity contribution in [2.24, 2.45) is 11.6 Å². The molecule has 7 N–H and O–H groups in total. The second-order valence-corrected chi connectivity index (χ2v) is 12.8. The fourth-order valence-corrected chi connectivity index (χ4v) is 6.52. The lowest BCUT2D eigenvalue weighted by Gasteiger charge is -2.14. The van der Waals surface area contributed by atoms with E-state index in [0.717, 1.165) is 5.56 Å². The molecule has 1 aliphatic heterocycles. The highest BCUT2D eigenvalue weighted by atomic mass is 16.5. The third-order valence-electron chi connectivity index (χ3n) is 8.95. The van der Waals surface area contributed by atoms with Gasteiger partial charge in [0.25, 0.3) is 11.8 Å². The zero-order valence-corrected chi connectivity index (χ0v) is 30.8. The summed E-state index contributed by atoms with van der Waals surface area (Å²) in [7, 11) is 0. The van der Waals surface area contributed by atoms with Gasteiger partial charge in [0.2, 0.25) is 29.3 Å². The van der Waals surface area contributed by atoms with Crippen LogP contribution in [0, 0.1) is 13.8 Å². The van der Waals surface area contributed by atoms with Gasteiger partial charge in [-0.3, -0.25) is 36.3 Å². The first kappa shape index (κ1) is 36.8. The number of hydrazine groups is 1. The van der Waals surface area contributed by atoms with Gasteiger partial charge in [0, 0.05) is 45.5 Å². The summed E-state index contributed by atoms with van der Waals surface area (Å²) in [5.41, 5.74) is 12.5. The number of primary amides is 1. The molecule has 0 radical (unpaired) electrons. The van der Waals surface area contributed by atoms with E-state index in [1.54, 1.807) is 30.5 Å². The molecule has 5 heterocycles. The average molecular weight is 752 g/mol. The van der Waals surface area contributed by atoms with Crippen LogP contribution in [0.2, 0.25) is 0 Å². The molecule has 18 heteroatoms. The number of hydrogen-bond donors (Lipinski definition) is 5. The van der Waals surface area contributed by atoms with Crippen molar-refractivity contribution in [1.29, 1.82) is 0 Å². The van der Waals surface area contributed by atoms with Gasteiger partial charge in [-0.05, 0) is 42.7 Å². The van der Waals surface area contributed by atoms with Crippen molar-refractivity contribution in [3.05, 3.63) is 82.2 Å². The lowest BCUT2D eigenvalue weighted by molar-refractivity contribution is 0.0985. The Labute approximate surface area is 314 Å². The second-order valence-electron chi connectivity index (χ2n) is 12.8. The number of oxazole rings is 2. The quantitative estimate of drug-likeness (QED) is 0.0795. The standard InChI is InChI=1S/C37H41N11O7/c1-5-23-31(54-19(3)41-23)34(50)45-36-43-25-14-21(18-40-39)15-27-29(25)47(36)10-7-8-11-48-30-26(16-22(33(38)49)17-28(30)53-13-9-12-52-27)44-37(48)46-35(51)32-24(6-2)42-20(4)55-32/h7-8,14-17,40H,5-6,9-13,18,39H2,1-4H3,(H2,38,49)(H,43,45,50)(H,44,46,51)/b8-7-. The van der Waals surface area contributed by atoms with Gasteiger partial charge in [-0.25, -0.2) is 19.9 Å². The minimum Gasteiger partial charge on any atom is -0.491 e. The zero-order valence-electron chi connectivity index (χ0n) is 30.8. The van der Waals surface area contributed by atoms with Gasteiger partial charge in [0.15, 0.2) is 11.8 Å². The fraction of sp³-hybridized carbons (Fsp3) is 0.324. The molecular formula is C37H41N11O7. The molecule has 0 spiro atoms. The van der Waals surface area contributed by atoms with Crippen LogP contribution < -0.4 is 37.1 Å². The van der Waals surface area contributed by atoms with Gasteiger partial charge < -0.3 is 33.2 Å². The van der Waals surface area contributed by atoms with Crippen molar-refractivity contribution in [2.75, 3.05) is 23.8 Å². The molecule has 4 aromatic heterocycles. The van der Waals surface area contributed by atoms with E-state index in [1.807, 2.05) is 42.7 Å². The number of nitrogens with two attached hydrogens (primary N) is 2. The summed E-state index contributed by atoms with van der Waals surface area (Å²) in [6, 6.07) is 6.85. The fourth-order valence-electron chi connectivity index (χ4n) is 6.52. The predicted molar refractivity (Wildman–Crippen MR) is 201 cm³/mol. The number of amides is 3. The number of imidazole rings is 2. The number of hydrogen-bond acceptors (Lipinski definition) is 13. The molecule has 0 atom stereocenters. The van der Waals surface area contributed by atoms with Crippen LogP contribution in [0.1, 0.15) is 80.5 Å². The van der Waals surface area contributed by atoms with Crippen LogP contribution in [0.15, 0.2) is 45.3 Å². The predicted octanol–water partition coefficient (Wildman–Crippen LogP) is 4.09. The third-order valence-corrected chi connectivity index (χ3v) is 8.95. The molecule has 0 unspecified atom stereocenters. The molecule has 0 aliphatic carbocycles. The van der Waals surface area contributed by atoms with Crippen molar-refractivity contribution in [1.82, 2.24) is 34.5 Å². The summed E-state index contributed by atoms with van der Waals surface area (Å²) in [5, 5.41) is 5.79. The minimum atomic E-state index is -0.663. The van der Waals surface area contributed by atoms with E-state index in [-0.39, 0.29) is 55.3 Å². The second kappa shape index (κ2) is 15.4. The van der Waals surface area contributed by atoms with E-state index in [2.05, 4.69) is 26.0 Å². The van der Waals surface area contributed by atoms with E-state index in [4.69, 9.17) is 39.9 Å². The number of nitrogens with zero attached hydrogens (tertiary/aromatic N) is 6. The molecule has 18 nitrogen and oxygen atoms in total. The number of benzene rings is 2. The highest BCUT2D eigenvalue weighted by Gasteiger charge is 2.25. The maximum absolute atomic E-state index is 13.6. The van der Waals surface area contributed by atoms with Crippen LogP contribution in [0.3, 0.4) is 0 Å². The Hall–Kier alpha value is -6.53. The molecule has 0 saturated heterocycles. The van der Waals surface area contributed by atoms with E-state index in [1.165, 1.54) is 0 Å². The lowest BCUT2D eigenvalue weighted by Crippen LogP contribution is -2.20. The van der Waals surface area contributed by atoms with Gasteiger partial charge >= 0.3 is 0 Å². The SMILES string of the molecule is CCc1nc(C)oc1C(=O)Nc1nc2cc(CNN)cc3c2n1C/C=C\Cn1c(NC(=O)c2oc(C)nc2CC)nc2cc(C(N)=O)cc(c21)OCCCO3. The monoisotopic (exact) mass is 751 g/mol. The smallest absolute Gasteiger partial charge is 0.295 e. The van der Waals surface area contributed by atoms with Crippen LogP contribution in [0.4, 0.5) is 11.9 Å². The number of carbonyl (C=O) groups excluding carboxylic acids is 3. The molecule has 1 aliphatic rings. The first-order valence-corrected chi connectivity index (χ1v) is 17.8. The number of carbonyl (C=O) groups is 3. The maximum Gasteiger partial charge on any atom is 0.295 e. The first-order valence-electron chi connectivity index (χ1n) is 17.8. The molecule has 6 aromatic rings. The Bertz CT molecular complexity index is 2470. The number of aryl methyl sites for hydroxylation is 4. The molecule has 3 amide bonds. The molecule has 2 aromatic carbocycles. The topological polar surface area (TPSA) is 245 Å². The Morgan fingerprint density at radius 3 is 1.75 bits per heavy atom. The van der Waals surface area contributed by atoms with Crippen molar-refractivity contribution >= 4 is 51.7 Å². The van der Waals surface area contributed by atoms with Crippen LogP contribution in [0.25, 0.3) is 22.1 Å². The van der Waals surface area contributed by atoms with Crippen molar-refractivity contribution in [3.63, 3.8) is 0 Å². The number of allylic oxidation sites excluding steroid dienone is 2. The molecule has 7 rings (SSSR count). The lowest BCUT2D eigenvalue weighted by atomic mass is 10.1. The molecule has 55 heavy (non-hydrogen) atoms. The molecule has 0 saturated carbocycles. The summed E-state index contributed by atoms with van der Waals surface area (Å²) in [5.74, 6) is 6.23. The summed E-state index contributed by atoms with van der Waals surface area (Å²) in [6.07, 6.45) is 5.19.